The molecule has 1 amide bonds. The van der Waals surface area contributed by atoms with E-state index in [0.29, 0.717) is 31.6 Å². The molecular formula is C22H29F3N4O3S. The van der Waals surface area contributed by atoms with Crippen LogP contribution in [-0.2, 0) is 21.0 Å². The highest BCUT2D eigenvalue weighted by Gasteiger charge is 2.54. The number of anilines is 1. The summed E-state index contributed by atoms with van der Waals surface area (Å²) in [6.07, 6.45) is -3.69. The lowest BCUT2D eigenvalue weighted by Gasteiger charge is -2.43. The third-order valence-corrected chi connectivity index (χ3v) is 9.05. The summed E-state index contributed by atoms with van der Waals surface area (Å²) in [6, 6.07) is 5.25. The van der Waals surface area contributed by atoms with Crippen LogP contribution in [0.3, 0.4) is 0 Å². The Kier molecular flexibility index (Phi) is 6.75. The molecule has 2 aliphatic heterocycles. The topological polar surface area (TPSA) is 84.7 Å². The van der Waals surface area contributed by atoms with E-state index in [1.807, 2.05) is 0 Å². The Hall–Kier alpha value is -2.32. The monoisotopic (exact) mass is 486 g/mol. The summed E-state index contributed by atoms with van der Waals surface area (Å²) in [5, 5.41) is 8.42. The number of halogens is 3. The van der Waals surface area contributed by atoms with E-state index in [1.165, 1.54) is 21.3 Å². The number of hydrogen-bond donors (Lipinski definition) is 0. The Morgan fingerprint density at radius 2 is 1.85 bits per heavy atom. The first kappa shape index (κ1) is 25.3. The number of piperidine rings is 1. The zero-order valence-corrected chi connectivity index (χ0v) is 20.0. The number of nitrogens with zero attached hydrogens (tertiary/aromatic N) is 4. The molecule has 2 heterocycles. The van der Waals surface area contributed by atoms with E-state index in [1.54, 1.807) is 38.9 Å². The minimum absolute atomic E-state index is 0.118. The van der Waals surface area contributed by atoms with Crippen molar-refractivity contribution in [3.63, 3.8) is 0 Å². The fourth-order valence-electron chi connectivity index (χ4n) is 4.84. The SMILES string of the molecule is CC(C)S(=O)(=O)N1CC(C(=O)N(C)C)C2(CCN(c3ccc(C#N)c(C(F)(F)F)c3)CC2)C1. The van der Waals surface area contributed by atoms with Crippen molar-refractivity contribution in [3.8, 4) is 6.07 Å². The van der Waals surface area contributed by atoms with Crippen molar-refractivity contribution in [2.24, 2.45) is 11.3 Å². The van der Waals surface area contributed by atoms with Crippen molar-refractivity contribution in [1.82, 2.24) is 9.21 Å². The zero-order chi connectivity index (χ0) is 24.8. The Morgan fingerprint density at radius 3 is 2.33 bits per heavy atom. The molecule has 7 nitrogen and oxygen atoms in total. The van der Waals surface area contributed by atoms with Crippen molar-refractivity contribution >= 4 is 21.6 Å². The van der Waals surface area contributed by atoms with Crippen molar-refractivity contribution in [2.45, 2.75) is 38.1 Å². The molecule has 0 saturated carbocycles. The molecule has 3 rings (SSSR count). The van der Waals surface area contributed by atoms with Crippen LogP contribution >= 0.6 is 0 Å². The second-order valence-electron chi connectivity index (χ2n) is 9.36. The molecular weight excluding hydrogens is 457 g/mol. The van der Waals surface area contributed by atoms with Crippen LogP contribution in [-0.4, -0.2) is 69.1 Å². The number of hydrogen-bond acceptors (Lipinski definition) is 5. The Morgan fingerprint density at radius 1 is 1.24 bits per heavy atom. The minimum atomic E-state index is -4.64. The van der Waals surface area contributed by atoms with Gasteiger partial charge in [-0.1, -0.05) is 0 Å². The third-order valence-electron chi connectivity index (χ3n) is 6.86. The molecule has 0 bridgehead atoms. The van der Waals surface area contributed by atoms with Gasteiger partial charge < -0.3 is 9.80 Å². The van der Waals surface area contributed by atoms with Gasteiger partial charge in [-0.05, 0) is 44.9 Å². The number of carbonyl (C=O) groups is 1. The first-order chi connectivity index (χ1) is 15.2. The van der Waals surface area contributed by atoms with Gasteiger partial charge in [0.2, 0.25) is 15.9 Å². The van der Waals surface area contributed by atoms with E-state index in [2.05, 4.69) is 0 Å². The fraction of sp³-hybridized carbons (Fsp3) is 0.636. The maximum atomic E-state index is 13.4. The van der Waals surface area contributed by atoms with Crippen LogP contribution in [0.4, 0.5) is 18.9 Å². The van der Waals surface area contributed by atoms with E-state index in [9.17, 15) is 26.4 Å². The summed E-state index contributed by atoms with van der Waals surface area (Å²) in [4.78, 5) is 16.2. The maximum Gasteiger partial charge on any atom is 0.417 e. The van der Waals surface area contributed by atoms with E-state index in [0.717, 1.165) is 6.07 Å². The van der Waals surface area contributed by atoms with Crippen LogP contribution < -0.4 is 4.90 Å². The second-order valence-corrected chi connectivity index (χ2v) is 11.8. The molecule has 0 radical (unpaired) electrons. The van der Waals surface area contributed by atoms with Crippen LogP contribution in [0.15, 0.2) is 18.2 Å². The highest BCUT2D eigenvalue weighted by molar-refractivity contribution is 7.89. The third kappa shape index (κ3) is 4.68. The highest BCUT2D eigenvalue weighted by atomic mass is 32.2. The largest absolute Gasteiger partial charge is 0.417 e. The molecule has 2 fully saturated rings. The van der Waals surface area contributed by atoms with Gasteiger partial charge >= 0.3 is 6.18 Å². The van der Waals surface area contributed by atoms with Crippen LogP contribution in [0.1, 0.15) is 37.8 Å². The molecule has 0 aromatic heterocycles. The van der Waals surface area contributed by atoms with Gasteiger partial charge in [0.05, 0.1) is 28.4 Å². The lowest BCUT2D eigenvalue weighted by atomic mass is 9.70. The van der Waals surface area contributed by atoms with E-state index in [-0.39, 0.29) is 19.0 Å². The van der Waals surface area contributed by atoms with E-state index < -0.39 is 43.9 Å². The summed E-state index contributed by atoms with van der Waals surface area (Å²) >= 11 is 0. The van der Waals surface area contributed by atoms with Crippen molar-refractivity contribution in [2.75, 3.05) is 45.2 Å². The number of amides is 1. The molecule has 11 heteroatoms. The van der Waals surface area contributed by atoms with Gasteiger partial charge in [0.1, 0.15) is 0 Å². The Labute approximate surface area is 192 Å². The molecule has 182 valence electrons. The van der Waals surface area contributed by atoms with Gasteiger partial charge in [-0.25, -0.2) is 12.7 Å². The van der Waals surface area contributed by atoms with Gasteiger partial charge in [-0.2, -0.15) is 18.4 Å². The van der Waals surface area contributed by atoms with Crippen LogP contribution in [0, 0.1) is 22.7 Å². The number of alkyl halides is 3. The van der Waals surface area contributed by atoms with Gasteiger partial charge in [0.15, 0.2) is 0 Å². The highest BCUT2D eigenvalue weighted by Crippen LogP contribution is 2.47. The van der Waals surface area contributed by atoms with Crippen molar-refractivity contribution < 1.29 is 26.4 Å². The number of sulfonamides is 1. The summed E-state index contributed by atoms with van der Waals surface area (Å²) in [7, 11) is -0.268. The summed E-state index contributed by atoms with van der Waals surface area (Å²) in [5.41, 5.74) is -1.62. The molecule has 0 N–H and O–H groups in total. The normalized spacial score (nSPS) is 21.4. The molecule has 1 aromatic rings. The van der Waals surface area contributed by atoms with Gasteiger partial charge in [0.25, 0.3) is 0 Å². The summed E-state index contributed by atoms with van der Waals surface area (Å²) in [6.45, 7) is 4.33. The van der Waals surface area contributed by atoms with E-state index in [4.69, 9.17) is 5.26 Å². The Bertz CT molecular complexity index is 1060. The van der Waals surface area contributed by atoms with Crippen molar-refractivity contribution in [3.05, 3.63) is 29.3 Å². The predicted octanol–water partition coefficient (Wildman–Crippen LogP) is 2.92. The quantitative estimate of drug-likeness (QED) is 0.654. The molecule has 33 heavy (non-hydrogen) atoms. The number of nitriles is 1. The summed E-state index contributed by atoms with van der Waals surface area (Å²) in [5.74, 6) is -0.641. The smallest absolute Gasteiger partial charge is 0.371 e. The number of rotatable bonds is 4. The summed E-state index contributed by atoms with van der Waals surface area (Å²) < 4.78 is 67.2. The molecule has 1 unspecified atom stereocenters. The van der Waals surface area contributed by atoms with Crippen LogP contribution in [0.25, 0.3) is 0 Å². The fourth-order valence-corrected chi connectivity index (χ4v) is 6.23. The minimum Gasteiger partial charge on any atom is -0.371 e. The Balaban J connectivity index is 1.88. The predicted molar refractivity (Wildman–Crippen MR) is 118 cm³/mol. The lowest BCUT2D eigenvalue weighted by molar-refractivity contribution is -0.138. The molecule has 1 aromatic carbocycles. The lowest BCUT2D eigenvalue weighted by Crippen LogP contribution is -2.48. The average molecular weight is 487 g/mol. The van der Waals surface area contributed by atoms with Gasteiger partial charge in [0, 0.05) is 51.4 Å². The van der Waals surface area contributed by atoms with Gasteiger partial charge in [-0.15, -0.1) is 0 Å². The zero-order valence-electron chi connectivity index (χ0n) is 19.2. The van der Waals surface area contributed by atoms with Crippen LogP contribution in [0.2, 0.25) is 0 Å². The molecule has 0 aliphatic carbocycles. The molecule has 1 atom stereocenters. The van der Waals surface area contributed by atoms with Crippen LogP contribution in [0.5, 0.6) is 0 Å². The molecule has 2 aliphatic rings. The first-order valence-corrected chi connectivity index (χ1v) is 12.3. The molecule has 1 spiro atoms. The standard InChI is InChI=1S/C22H29F3N4O3S/c1-15(2)33(31,32)29-13-19(20(30)27(3)4)21(14-29)7-9-28(10-8-21)17-6-5-16(12-26)18(11-17)22(23,24)25/h5-6,11,15,19H,7-10,13-14H2,1-4H3. The van der Waals surface area contributed by atoms with E-state index >= 15 is 0 Å². The first-order valence-electron chi connectivity index (χ1n) is 10.8. The van der Waals surface area contributed by atoms with Crippen molar-refractivity contribution in [1.29, 1.82) is 5.26 Å². The van der Waals surface area contributed by atoms with Gasteiger partial charge in [-0.3, -0.25) is 4.79 Å². The maximum absolute atomic E-state index is 13.4. The number of benzene rings is 1. The second kappa shape index (κ2) is 8.80. The molecule has 2 saturated heterocycles. The number of carbonyl (C=O) groups excluding carboxylic acids is 1. The average Bonchev–Trinajstić information content (AvgIpc) is 3.11.